The summed E-state index contributed by atoms with van der Waals surface area (Å²) in [5.41, 5.74) is 3.38. The van der Waals surface area contributed by atoms with Crippen molar-refractivity contribution in [3.05, 3.63) is 53.6 Å². The van der Waals surface area contributed by atoms with Gasteiger partial charge in [0.15, 0.2) is 11.5 Å². The first kappa shape index (κ1) is 28.7. The number of carbonyl (C=O) groups excluding carboxylic acids is 1. The minimum absolute atomic E-state index is 0.0949. The molecule has 0 heterocycles. The number of unbranched alkanes of at least 4 members (excludes halogenated alkanes) is 4. The standard InChI is InChI=1S/C29H43NO5/c1-22(31)21-30-25-12-9-11-23(18-25)10-7-5-4-6-8-13-26(32)20-27(33)16-14-24-15-17-28(34-2)29(19-24)35-3/h9,11-12,15,17-19,22,26,30-32H,4-8,10,13-14,16,20-21H2,1-3H3/t22-,26-/m0/s1. The van der Waals surface area contributed by atoms with Crippen LogP contribution in [0.3, 0.4) is 0 Å². The van der Waals surface area contributed by atoms with Gasteiger partial charge in [0, 0.05) is 25.1 Å². The Morgan fingerprint density at radius 2 is 1.60 bits per heavy atom. The molecule has 2 rings (SSSR count). The van der Waals surface area contributed by atoms with Crippen molar-refractivity contribution in [1.29, 1.82) is 0 Å². The molecule has 0 aliphatic carbocycles. The van der Waals surface area contributed by atoms with Crippen LogP contribution < -0.4 is 14.8 Å². The maximum absolute atomic E-state index is 12.3. The molecule has 0 aliphatic heterocycles. The van der Waals surface area contributed by atoms with Gasteiger partial charge in [-0.05, 0) is 68.0 Å². The quantitative estimate of drug-likeness (QED) is 0.247. The largest absolute Gasteiger partial charge is 0.493 e. The SMILES string of the molecule is COc1ccc(CCC(=O)C[C@@H](O)CCCCCCCc2cccc(NC[C@H](C)O)c2)cc1OC. The van der Waals surface area contributed by atoms with E-state index in [9.17, 15) is 15.0 Å². The first-order valence-corrected chi connectivity index (χ1v) is 12.8. The van der Waals surface area contributed by atoms with Crippen molar-refractivity contribution in [3.63, 3.8) is 0 Å². The molecule has 6 heteroatoms. The zero-order valence-electron chi connectivity index (χ0n) is 21.6. The predicted molar refractivity (Wildman–Crippen MR) is 142 cm³/mol. The highest BCUT2D eigenvalue weighted by Gasteiger charge is 2.12. The van der Waals surface area contributed by atoms with Gasteiger partial charge in [0.05, 0.1) is 26.4 Å². The number of Topliss-reactive ketones (excluding diaryl/α,β-unsaturated/α-hetero) is 1. The molecule has 3 N–H and O–H groups in total. The van der Waals surface area contributed by atoms with E-state index in [2.05, 4.69) is 23.5 Å². The lowest BCUT2D eigenvalue weighted by atomic mass is 10.00. The number of rotatable bonds is 18. The number of anilines is 1. The number of nitrogens with one attached hydrogen (secondary N) is 1. The number of hydrogen-bond acceptors (Lipinski definition) is 6. The molecule has 2 aromatic rings. The maximum Gasteiger partial charge on any atom is 0.160 e. The van der Waals surface area contributed by atoms with Crippen molar-refractivity contribution in [3.8, 4) is 11.5 Å². The zero-order chi connectivity index (χ0) is 25.5. The first-order valence-electron chi connectivity index (χ1n) is 12.8. The van der Waals surface area contributed by atoms with E-state index in [4.69, 9.17) is 9.47 Å². The summed E-state index contributed by atoms with van der Waals surface area (Å²) in [5, 5.41) is 22.9. The van der Waals surface area contributed by atoms with Crippen molar-refractivity contribution in [2.45, 2.75) is 83.3 Å². The van der Waals surface area contributed by atoms with Crippen LogP contribution in [0.15, 0.2) is 42.5 Å². The molecule has 2 aromatic carbocycles. The van der Waals surface area contributed by atoms with Crippen molar-refractivity contribution in [2.75, 3.05) is 26.1 Å². The average molecular weight is 486 g/mol. The van der Waals surface area contributed by atoms with Gasteiger partial charge in [-0.15, -0.1) is 0 Å². The second-order valence-corrected chi connectivity index (χ2v) is 9.32. The van der Waals surface area contributed by atoms with E-state index >= 15 is 0 Å². The van der Waals surface area contributed by atoms with Crippen LogP contribution in [0.2, 0.25) is 0 Å². The number of benzene rings is 2. The Balaban J connectivity index is 1.54. The van der Waals surface area contributed by atoms with Crippen molar-refractivity contribution < 1.29 is 24.5 Å². The van der Waals surface area contributed by atoms with Crippen LogP contribution in [0.4, 0.5) is 5.69 Å². The summed E-state index contributed by atoms with van der Waals surface area (Å²) < 4.78 is 10.6. The molecule has 0 saturated carbocycles. The third-order valence-electron chi connectivity index (χ3n) is 6.14. The van der Waals surface area contributed by atoms with Crippen LogP contribution in [0, 0.1) is 0 Å². The molecule has 0 amide bonds. The minimum Gasteiger partial charge on any atom is -0.493 e. The summed E-state index contributed by atoms with van der Waals surface area (Å²) in [6.45, 7) is 2.33. The lowest BCUT2D eigenvalue weighted by Crippen LogP contribution is -2.15. The van der Waals surface area contributed by atoms with Crippen LogP contribution in [0.25, 0.3) is 0 Å². The summed E-state index contributed by atoms with van der Waals surface area (Å²) in [4.78, 5) is 12.3. The smallest absolute Gasteiger partial charge is 0.160 e. The summed E-state index contributed by atoms with van der Waals surface area (Å²) >= 11 is 0. The second-order valence-electron chi connectivity index (χ2n) is 9.32. The van der Waals surface area contributed by atoms with E-state index < -0.39 is 6.10 Å². The summed E-state index contributed by atoms with van der Waals surface area (Å²) in [6.07, 6.45) is 7.54. The van der Waals surface area contributed by atoms with Gasteiger partial charge in [-0.25, -0.2) is 0 Å². The molecular formula is C29H43NO5. The minimum atomic E-state index is -0.551. The molecular weight excluding hydrogens is 442 g/mol. The molecule has 0 bridgehead atoms. The highest BCUT2D eigenvalue weighted by molar-refractivity contribution is 5.79. The van der Waals surface area contributed by atoms with Gasteiger partial charge in [0.25, 0.3) is 0 Å². The molecule has 0 saturated heterocycles. The monoisotopic (exact) mass is 485 g/mol. The molecule has 194 valence electrons. The third kappa shape index (κ3) is 11.6. The third-order valence-corrected chi connectivity index (χ3v) is 6.14. The maximum atomic E-state index is 12.3. The van der Waals surface area contributed by atoms with E-state index in [1.54, 1.807) is 21.1 Å². The molecule has 0 unspecified atom stereocenters. The van der Waals surface area contributed by atoms with Gasteiger partial charge in [-0.2, -0.15) is 0 Å². The van der Waals surface area contributed by atoms with Gasteiger partial charge >= 0.3 is 0 Å². The molecule has 6 nitrogen and oxygen atoms in total. The normalized spacial score (nSPS) is 12.7. The topological polar surface area (TPSA) is 88.0 Å². The van der Waals surface area contributed by atoms with Crippen LogP contribution in [0.1, 0.15) is 69.4 Å². The van der Waals surface area contributed by atoms with E-state index in [-0.39, 0.29) is 18.3 Å². The van der Waals surface area contributed by atoms with Gasteiger partial charge in [-0.3, -0.25) is 4.79 Å². The number of aryl methyl sites for hydroxylation is 2. The Hall–Kier alpha value is -2.57. The number of aliphatic hydroxyl groups is 2. The van der Waals surface area contributed by atoms with Crippen molar-refractivity contribution in [2.24, 2.45) is 0 Å². The lowest BCUT2D eigenvalue weighted by Gasteiger charge is -2.11. The fraction of sp³-hybridized carbons (Fsp3) is 0.552. The Bertz CT molecular complexity index is 883. The van der Waals surface area contributed by atoms with Gasteiger partial charge in [-0.1, -0.05) is 43.9 Å². The van der Waals surface area contributed by atoms with Gasteiger partial charge < -0.3 is 25.0 Å². The number of hydrogen-bond donors (Lipinski definition) is 3. The number of aliphatic hydroxyl groups excluding tert-OH is 2. The fourth-order valence-electron chi connectivity index (χ4n) is 4.13. The second kappa shape index (κ2) is 16.2. The van der Waals surface area contributed by atoms with E-state index in [0.717, 1.165) is 49.8 Å². The number of methoxy groups -OCH3 is 2. The Morgan fingerprint density at radius 3 is 2.34 bits per heavy atom. The summed E-state index contributed by atoms with van der Waals surface area (Å²) in [6, 6.07) is 14.1. The first-order chi connectivity index (χ1) is 16.9. The Morgan fingerprint density at radius 1 is 0.886 bits per heavy atom. The number of ether oxygens (including phenoxy) is 2. The molecule has 0 aromatic heterocycles. The predicted octanol–water partition coefficient (Wildman–Crippen LogP) is 5.33. The number of carbonyl (C=O) groups is 1. The van der Waals surface area contributed by atoms with Gasteiger partial charge in [0.2, 0.25) is 0 Å². The highest BCUT2D eigenvalue weighted by atomic mass is 16.5. The lowest BCUT2D eigenvalue weighted by molar-refractivity contribution is -0.121. The van der Waals surface area contributed by atoms with E-state index in [0.29, 0.717) is 37.3 Å². The number of ketones is 1. The van der Waals surface area contributed by atoms with Crippen LogP contribution in [0.5, 0.6) is 11.5 Å². The summed E-state index contributed by atoms with van der Waals surface area (Å²) in [5.74, 6) is 1.43. The Labute approximate surface area is 210 Å². The van der Waals surface area contributed by atoms with Gasteiger partial charge in [0.1, 0.15) is 5.78 Å². The van der Waals surface area contributed by atoms with Crippen LogP contribution in [-0.2, 0) is 17.6 Å². The highest BCUT2D eigenvalue weighted by Crippen LogP contribution is 2.28. The van der Waals surface area contributed by atoms with Crippen molar-refractivity contribution in [1.82, 2.24) is 0 Å². The van der Waals surface area contributed by atoms with Crippen molar-refractivity contribution >= 4 is 11.5 Å². The summed E-state index contributed by atoms with van der Waals surface area (Å²) in [7, 11) is 3.20. The molecule has 0 spiro atoms. The molecule has 2 atom stereocenters. The molecule has 0 fully saturated rings. The molecule has 35 heavy (non-hydrogen) atoms. The molecule has 0 aliphatic rings. The van der Waals surface area contributed by atoms with E-state index in [1.165, 1.54) is 5.56 Å². The van der Waals surface area contributed by atoms with Crippen LogP contribution >= 0.6 is 0 Å². The molecule has 0 radical (unpaired) electrons. The fourth-order valence-corrected chi connectivity index (χ4v) is 4.13. The van der Waals surface area contributed by atoms with E-state index in [1.807, 2.05) is 24.3 Å². The Kier molecular flexibility index (Phi) is 13.2. The van der Waals surface area contributed by atoms with Crippen LogP contribution in [-0.4, -0.2) is 49.0 Å². The zero-order valence-corrected chi connectivity index (χ0v) is 21.6. The average Bonchev–Trinajstić information content (AvgIpc) is 2.85.